The zero-order valence-electron chi connectivity index (χ0n) is 14.9. The molecule has 4 rings (SSSR count). The molecule has 0 bridgehead atoms. The molecule has 2 aromatic heterocycles. The van der Waals surface area contributed by atoms with Crippen molar-refractivity contribution in [3.05, 3.63) is 41.6 Å². The molecule has 2 atom stereocenters. The third kappa shape index (κ3) is 3.30. The molecule has 0 saturated carbocycles. The van der Waals surface area contributed by atoms with Gasteiger partial charge in [0.2, 0.25) is 0 Å². The summed E-state index contributed by atoms with van der Waals surface area (Å²) in [7, 11) is 0. The lowest BCUT2D eigenvalue weighted by molar-refractivity contribution is -0.137. The molecule has 0 radical (unpaired) electrons. The number of halogens is 4. The molecule has 1 fully saturated rings. The number of nitrogens with zero attached hydrogens (tertiary/aromatic N) is 3. The summed E-state index contributed by atoms with van der Waals surface area (Å²) < 4.78 is 59.5. The summed E-state index contributed by atoms with van der Waals surface area (Å²) >= 11 is 0. The molecule has 5 nitrogen and oxygen atoms in total. The fourth-order valence-electron chi connectivity index (χ4n) is 3.49. The second-order valence-corrected chi connectivity index (χ2v) is 6.85. The van der Waals surface area contributed by atoms with Crippen molar-refractivity contribution in [2.24, 2.45) is 0 Å². The van der Waals surface area contributed by atoms with E-state index in [0.29, 0.717) is 35.8 Å². The minimum Gasteiger partial charge on any atom is -0.507 e. The summed E-state index contributed by atoms with van der Waals surface area (Å²) in [5.74, 6) is -0.508. The van der Waals surface area contributed by atoms with Gasteiger partial charge >= 0.3 is 6.18 Å². The van der Waals surface area contributed by atoms with Gasteiger partial charge in [-0.2, -0.15) is 18.3 Å². The quantitative estimate of drug-likeness (QED) is 0.652. The van der Waals surface area contributed by atoms with Crippen LogP contribution < -0.4 is 0 Å². The SMILES string of the molecule is Cc1cc(C(F)(F)F)cc(O)c1-c1ccc2cn([C@@H]3CCOC[C@@H]3F)nc2n1. The van der Waals surface area contributed by atoms with Gasteiger partial charge in [0.05, 0.1) is 23.9 Å². The number of fused-ring (bicyclic) bond motifs is 1. The molecule has 1 aliphatic rings. The largest absolute Gasteiger partial charge is 0.507 e. The van der Waals surface area contributed by atoms with Crippen LogP contribution in [0.2, 0.25) is 0 Å². The minimum absolute atomic E-state index is 0.0121. The van der Waals surface area contributed by atoms with Crippen LogP contribution in [0.25, 0.3) is 22.3 Å². The number of rotatable bonds is 2. The Morgan fingerprint density at radius 2 is 2.04 bits per heavy atom. The number of pyridine rings is 1. The number of aromatic nitrogens is 3. The fourth-order valence-corrected chi connectivity index (χ4v) is 3.49. The van der Waals surface area contributed by atoms with Gasteiger partial charge in [-0.05, 0) is 43.2 Å². The second-order valence-electron chi connectivity index (χ2n) is 6.85. The van der Waals surface area contributed by atoms with Crippen LogP contribution in [0.1, 0.15) is 23.6 Å². The number of phenolic OH excluding ortho intramolecular Hbond substituents is 1. The first-order valence-electron chi connectivity index (χ1n) is 8.73. The normalized spacial score (nSPS) is 20.6. The molecule has 1 aromatic carbocycles. The van der Waals surface area contributed by atoms with Gasteiger partial charge in [0, 0.05) is 23.8 Å². The maximum Gasteiger partial charge on any atom is 0.416 e. The maximum absolute atomic E-state index is 14.1. The van der Waals surface area contributed by atoms with Crippen LogP contribution >= 0.6 is 0 Å². The standard InChI is InChI=1S/C19H17F4N3O2/c1-10-6-12(19(21,22)23)7-16(27)17(10)14-3-2-11-8-26(25-18(11)24-14)15-4-5-28-9-13(15)20/h2-3,6-8,13,15,27H,4-5,9H2,1H3/t13-,15+/m0/s1. The lowest BCUT2D eigenvalue weighted by Crippen LogP contribution is -2.31. The van der Waals surface area contributed by atoms with Crippen molar-refractivity contribution < 1.29 is 27.4 Å². The topological polar surface area (TPSA) is 60.2 Å². The highest BCUT2D eigenvalue weighted by molar-refractivity contribution is 5.80. The van der Waals surface area contributed by atoms with Crippen molar-refractivity contribution in [3.63, 3.8) is 0 Å². The summed E-state index contributed by atoms with van der Waals surface area (Å²) in [6, 6.07) is 4.50. The van der Waals surface area contributed by atoms with E-state index in [1.54, 1.807) is 18.3 Å². The van der Waals surface area contributed by atoms with Crippen LogP contribution in [-0.4, -0.2) is 39.3 Å². The van der Waals surface area contributed by atoms with Crippen molar-refractivity contribution in [3.8, 4) is 17.0 Å². The Balaban J connectivity index is 1.74. The van der Waals surface area contributed by atoms with Crippen molar-refractivity contribution in [2.45, 2.75) is 31.7 Å². The van der Waals surface area contributed by atoms with Gasteiger partial charge in [-0.1, -0.05) is 0 Å². The summed E-state index contributed by atoms with van der Waals surface area (Å²) in [5.41, 5.74) is 0.149. The van der Waals surface area contributed by atoms with Crippen molar-refractivity contribution >= 4 is 11.0 Å². The first-order valence-corrected chi connectivity index (χ1v) is 8.73. The van der Waals surface area contributed by atoms with Crippen molar-refractivity contribution in [2.75, 3.05) is 13.2 Å². The number of alkyl halides is 4. The third-order valence-corrected chi connectivity index (χ3v) is 4.88. The fraction of sp³-hybridized carbons (Fsp3) is 0.368. The van der Waals surface area contributed by atoms with E-state index in [1.807, 2.05) is 0 Å². The first-order chi connectivity index (χ1) is 13.2. The highest BCUT2D eigenvalue weighted by Crippen LogP contribution is 2.38. The third-order valence-electron chi connectivity index (χ3n) is 4.88. The lowest BCUT2D eigenvalue weighted by atomic mass is 10.00. The molecule has 0 spiro atoms. The summed E-state index contributed by atoms with van der Waals surface area (Å²) in [6.07, 6.45) is -3.55. The van der Waals surface area contributed by atoms with Gasteiger partial charge in [0.25, 0.3) is 0 Å². The van der Waals surface area contributed by atoms with Gasteiger partial charge in [-0.3, -0.25) is 4.68 Å². The molecule has 3 heterocycles. The monoisotopic (exact) mass is 395 g/mol. The highest BCUT2D eigenvalue weighted by atomic mass is 19.4. The molecule has 0 aliphatic carbocycles. The van der Waals surface area contributed by atoms with Crippen molar-refractivity contribution in [1.29, 1.82) is 0 Å². The lowest BCUT2D eigenvalue weighted by Gasteiger charge is -2.25. The average Bonchev–Trinajstić information content (AvgIpc) is 3.04. The molecule has 0 unspecified atom stereocenters. The molecule has 148 valence electrons. The number of benzene rings is 1. The summed E-state index contributed by atoms with van der Waals surface area (Å²) in [5, 5.41) is 15.2. The molecular formula is C19H17F4N3O2. The van der Waals surface area contributed by atoms with Crippen LogP contribution in [-0.2, 0) is 10.9 Å². The van der Waals surface area contributed by atoms with Crippen LogP contribution in [0.3, 0.4) is 0 Å². The van der Waals surface area contributed by atoms with E-state index in [9.17, 15) is 22.7 Å². The maximum atomic E-state index is 14.1. The zero-order chi connectivity index (χ0) is 20.1. The molecule has 1 N–H and O–H groups in total. The van der Waals surface area contributed by atoms with E-state index >= 15 is 0 Å². The van der Waals surface area contributed by atoms with Gasteiger partial charge in [-0.15, -0.1) is 0 Å². The number of hydrogen-bond donors (Lipinski definition) is 1. The Morgan fingerprint density at radius 3 is 2.71 bits per heavy atom. The molecule has 28 heavy (non-hydrogen) atoms. The Bertz CT molecular complexity index is 1010. The van der Waals surface area contributed by atoms with Crippen LogP contribution in [0, 0.1) is 6.92 Å². The Hall–Kier alpha value is -2.68. The number of aryl methyl sites for hydroxylation is 1. The predicted octanol–water partition coefficient (Wildman–Crippen LogP) is 4.43. The number of hydrogen-bond acceptors (Lipinski definition) is 4. The molecular weight excluding hydrogens is 378 g/mol. The van der Waals surface area contributed by atoms with E-state index in [4.69, 9.17) is 4.74 Å². The Labute approximate surface area is 157 Å². The number of phenols is 1. The van der Waals surface area contributed by atoms with Crippen LogP contribution in [0.5, 0.6) is 5.75 Å². The first kappa shape index (κ1) is 18.7. The van der Waals surface area contributed by atoms with E-state index in [0.717, 1.165) is 6.07 Å². The second kappa shape index (κ2) is 6.73. The molecule has 1 saturated heterocycles. The predicted molar refractivity (Wildman–Crippen MR) is 93.7 cm³/mol. The molecule has 0 amide bonds. The van der Waals surface area contributed by atoms with Crippen LogP contribution in [0.4, 0.5) is 17.6 Å². The average molecular weight is 395 g/mol. The van der Waals surface area contributed by atoms with E-state index < -0.39 is 29.7 Å². The number of ether oxygens (including phenoxy) is 1. The Morgan fingerprint density at radius 1 is 1.25 bits per heavy atom. The molecule has 9 heteroatoms. The van der Waals surface area contributed by atoms with Crippen LogP contribution in [0.15, 0.2) is 30.5 Å². The van der Waals surface area contributed by atoms with Gasteiger partial charge < -0.3 is 9.84 Å². The summed E-state index contributed by atoms with van der Waals surface area (Å²) in [6.45, 7) is 1.93. The zero-order valence-corrected chi connectivity index (χ0v) is 14.9. The van der Waals surface area contributed by atoms with Gasteiger partial charge in [-0.25, -0.2) is 9.37 Å². The number of aromatic hydroxyl groups is 1. The van der Waals surface area contributed by atoms with E-state index in [-0.39, 0.29) is 17.7 Å². The Kier molecular flexibility index (Phi) is 4.49. The van der Waals surface area contributed by atoms with E-state index in [2.05, 4.69) is 10.1 Å². The molecule has 3 aromatic rings. The van der Waals surface area contributed by atoms with Gasteiger partial charge in [0.15, 0.2) is 5.65 Å². The summed E-state index contributed by atoms with van der Waals surface area (Å²) in [4.78, 5) is 4.37. The highest BCUT2D eigenvalue weighted by Gasteiger charge is 2.32. The van der Waals surface area contributed by atoms with E-state index in [1.165, 1.54) is 11.6 Å². The minimum atomic E-state index is -4.55. The smallest absolute Gasteiger partial charge is 0.416 e. The van der Waals surface area contributed by atoms with Gasteiger partial charge in [0.1, 0.15) is 11.9 Å². The van der Waals surface area contributed by atoms with Crippen molar-refractivity contribution in [1.82, 2.24) is 14.8 Å². The molecule has 1 aliphatic heterocycles.